The van der Waals surface area contributed by atoms with Crippen LogP contribution >= 0.6 is 0 Å². The molecular weight excluding hydrogens is 428 g/mol. The summed E-state index contributed by atoms with van der Waals surface area (Å²) in [6.45, 7) is 3.14. The fourth-order valence-corrected chi connectivity index (χ4v) is 4.13. The third-order valence-corrected chi connectivity index (χ3v) is 5.79. The van der Waals surface area contributed by atoms with E-state index < -0.39 is 47.7 Å². The molecule has 4 amide bonds. The first-order chi connectivity index (χ1) is 15.8. The van der Waals surface area contributed by atoms with Crippen LogP contribution in [0.2, 0.25) is 0 Å². The maximum atomic E-state index is 12.9. The molecule has 0 saturated heterocycles. The smallest absolute Gasteiger partial charge is 0.337 e. The molecule has 0 saturated carbocycles. The van der Waals surface area contributed by atoms with Gasteiger partial charge in [-0.25, -0.2) is 9.59 Å². The van der Waals surface area contributed by atoms with Gasteiger partial charge in [0.2, 0.25) is 0 Å². The van der Waals surface area contributed by atoms with E-state index >= 15 is 0 Å². The molecule has 0 aliphatic carbocycles. The lowest BCUT2D eigenvalue weighted by molar-refractivity contribution is -0.165. The molecule has 0 fully saturated rings. The van der Waals surface area contributed by atoms with Crippen LogP contribution in [0.25, 0.3) is 0 Å². The van der Waals surface area contributed by atoms with Crippen molar-refractivity contribution in [3.8, 4) is 0 Å². The summed E-state index contributed by atoms with van der Waals surface area (Å²) >= 11 is 0. The van der Waals surface area contributed by atoms with Crippen LogP contribution in [-0.2, 0) is 14.3 Å². The van der Waals surface area contributed by atoms with E-state index in [0.717, 1.165) is 9.80 Å². The summed E-state index contributed by atoms with van der Waals surface area (Å²) in [7, 11) is 0. The molecule has 33 heavy (non-hydrogen) atoms. The van der Waals surface area contributed by atoms with Gasteiger partial charge in [0.15, 0.2) is 0 Å². The van der Waals surface area contributed by atoms with E-state index in [9.17, 15) is 28.8 Å². The molecule has 2 aliphatic rings. The number of fused-ring (bicyclic) bond motifs is 2. The van der Waals surface area contributed by atoms with Gasteiger partial charge in [0.25, 0.3) is 23.6 Å². The number of benzene rings is 2. The normalized spacial score (nSPS) is 16.5. The maximum absolute atomic E-state index is 12.9. The molecule has 2 aliphatic heterocycles. The number of amides is 4. The van der Waals surface area contributed by atoms with E-state index in [-0.39, 0.29) is 35.1 Å². The lowest BCUT2D eigenvalue weighted by atomic mass is 10.1. The lowest BCUT2D eigenvalue weighted by Crippen LogP contribution is -2.49. The van der Waals surface area contributed by atoms with E-state index in [1.165, 1.54) is 24.3 Å². The first kappa shape index (κ1) is 22.1. The van der Waals surface area contributed by atoms with Crippen LogP contribution in [0.1, 0.15) is 68.1 Å². The Kier molecular flexibility index (Phi) is 5.63. The molecule has 0 aromatic heterocycles. The van der Waals surface area contributed by atoms with Gasteiger partial charge in [-0.3, -0.25) is 29.0 Å². The van der Waals surface area contributed by atoms with Crippen molar-refractivity contribution in [2.45, 2.75) is 38.8 Å². The highest BCUT2D eigenvalue weighted by Gasteiger charge is 2.46. The number of nitrogens with zero attached hydrogens (tertiary/aromatic N) is 2. The average Bonchev–Trinajstić information content (AvgIpc) is 3.21. The monoisotopic (exact) mass is 448 g/mol. The Morgan fingerprint density at radius 3 is 1.15 bits per heavy atom. The minimum atomic E-state index is -1.33. The van der Waals surface area contributed by atoms with Crippen LogP contribution in [0, 0.1) is 0 Å². The highest BCUT2D eigenvalue weighted by atomic mass is 16.6. The number of ether oxygens (including phenoxy) is 1. The Hall–Kier alpha value is -4.14. The first-order valence-electron chi connectivity index (χ1n) is 10.5. The summed E-state index contributed by atoms with van der Waals surface area (Å²) in [6.07, 6.45) is 0.0305. The molecule has 9 nitrogen and oxygen atoms in total. The second-order valence-electron chi connectivity index (χ2n) is 7.64. The molecule has 2 aromatic rings. The van der Waals surface area contributed by atoms with Crippen molar-refractivity contribution in [1.82, 2.24) is 9.80 Å². The molecular formula is C24H20N2O7. The molecule has 0 radical (unpaired) electrons. The van der Waals surface area contributed by atoms with E-state index in [1.54, 1.807) is 38.1 Å². The number of hydrogen-bond donors (Lipinski definition) is 0. The Morgan fingerprint density at radius 2 is 0.909 bits per heavy atom. The van der Waals surface area contributed by atoms with Gasteiger partial charge in [0.05, 0.1) is 22.3 Å². The molecule has 2 unspecified atom stereocenters. The Bertz CT molecular complexity index is 1060. The molecule has 2 aromatic carbocycles. The van der Waals surface area contributed by atoms with Gasteiger partial charge in [0.1, 0.15) is 12.1 Å². The van der Waals surface area contributed by atoms with Crippen LogP contribution in [0.3, 0.4) is 0 Å². The van der Waals surface area contributed by atoms with Crippen LogP contribution in [0.4, 0.5) is 0 Å². The zero-order chi connectivity index (χ0) is 23.9. The summed E-state index contributed by atoms with van der Waals surface area (Å²) in [5.74, 6) is -4.82. The number of imide groups is 2. The Labute approximate surface area is 188 Å². The van der Waals surface area contributed by atoms with E-state index in [0.29, 0.717) is 0 Å². The zero-order valence-corrected chi connectivity index (χ0v) is 17.9. The van der Waals surface area contributed by atoms with Crippen molar-refractivity contribution in [2.24, 2.45) is 0 Å². The van der Waals surface area contributed by atoms with Crippen LogP contribution in [0.15, 0.2) is 48.5 Å². The molecule has 168 valence electrons. The SMILES string of the molecule is CCC(C(=O)OC(=O)C(CC)N1C(=O)c2ccccc2C1=O)N1C(=O)c2ccccc2C1=O. The molecule has 2 atom stereocenters. The van der Waals surface area contributed by atoms with Gasteiger partial charge in [-0.2, -0.15) is 0 Å². The minimum Gasteiger partial charge on any atom is -0.390 e. The van der Waals surface area contributed by atoms with E-state index in [2.05, 4.69) is 0 Å². The summed E-state index contributed by atoms with van der Waals surface area (Å²) in [6, 6.07) is 9.66. The Balaban J connectivity index is 1.53. The number of carbonyl (C=O) groups excluding carboxylic acids is 6. The van der Waals surface area contributed by atoms with Gasteiger partial charge in [0, 0.05) is 0 Å². The largest absolute Gasteiger partial charge is 0.390 e. The second-order valence-corrected chi connectivity index (χ2v) is 7.64. The third-order valence-electron chi connectivity index (χ3n) is 5.79. The van der Waals surface area contributed by atoms with Gasteiger partial charge in [-0.05, 0) is 37.1 Å². The average molecular weight is 448 g/mol. The summed E-state index contributed by atoms with van der Waals surface area (Å²) in [5.41, 5.74) is 0.658. The summed E-state index contributed by atoms with van der Waals surface area (Å²) < 4.78 is 5.00. The fraction of sp³-hybridized carbons (Fsp3) is 0.250. The highest BCUT2D eigenvalue weighted by molar-refractivity contribution is 6.24. The quantitative estimate of drug-likeness (QED) is 0.378. The topological polar surface area (TPSA) is 118 Å². The standard InChI is InChI=1S/C24H20N2O7/c1-3-17(25-19(27)13-9-5-6-10-14(13)20(25)28)23(31)33-24(32)18(4-2)26-21(29)15-11-7-8-12-16(15)22(26)30/h5-12,17-18H,3-4H2,1-2H3. The van der Waals surface area contributed by atoms with Crippen molar-refractivity contribution in [3.05, 3.63) is 70.8 Å². The van der Waals surface area contributed by atoms with Crippen molar-refractivity contribution in [1.29, 1.82) is 0 Å². The van der Waals surface area contributed by atoms with Crippen LogP contribution in [-0.4, -0.2) is 57.5 Å². The molecule has 2 heterocycles. The molecule has 0 bridgehead atoms. The zero-order valence-electron chi connectivity index (χ0n) is 17.9. The van der Waals surface area contributed by atoms with Gasteiger partial charge >= 0.3 is 11.9 Å². The van der Waals surface area contributed by atoms with Crippen molar-refractivity contribution >= 4 is 35.6 Å². The number of carbonyl (C=O) groups is 6. The number of hydrogen-bond acceptors (Lipinski definition) is 7. The van der Waals surface area contributed by atoms with Gasteiger partial charge in [-0.15, -0.1) is 0 Å². The number of rotatable bonds is 6. The fourth-order valence-electron chi connectivity index (χ4n) is 4.13. The molecule has 0 N–H and O–H groups in total. The summed E-state index contributed by atoms with van der Waals surface area (Å²) in [4.78, 5) is 78.2. The second kappa shape index (κ2) is 8.42. The molecule has 4 rings (SSSR count). The van der Waals surface area contributed by atoms with Crippen molar-refractivity contribution in [2.75, 3.05) is 0 Å². The van der Waals surface area contributed by atoms with E-state index in [1.807, 2.05) is 0 Å². The Morgan fingerprint density at radius 1 is 0.636 bits per heavy atom. The molecule has 9 heteroatoms. The third kappa shape index (κ3) is 3.42. The van der Waals surface area contributed by atoms with Crippen molar-refractivity contribution < 1.29 is 33.5 Å². The van der Waals surface area contributed by atoms with Crippen LogP contribution < -0.4 is 0 Å². The predicted molar refractivity (Wildman–Crippen MR) is 113 cm³/mol. The van der Waals surface area contributed by atoms with Crippen LogP contribution in [0.5, 0.6) is 0 Å². The maximum Gasteiger partial charge on any atom is 0.337 e. The van der Waals surface area contributed by atoms with E-state index in [4.69, 9.17) is 4.74 Å². The predicted octanol–water partition coefficient (Wildman–Crippen LogP) is 2.21. The number of esters is 2. The lowest BCUT2D eigenvalue weighted by Gasteiger charge is -2.26. The van der Waals surface area contributed by atoms with Gasteiger partial charge in [-0.1, -0.05) is 38.1 Å². The summed E-state index contributed by atoms with van der Waals surface area (Å²) in [5, 5.41) is 0. The first-order valence-corrected chi connectivity index (χ1v) is 10.5. The highest BCUT2D eigenvalue weighted by Crippen LogP contribution is 2.28. The van der Waals surface area contributed by atoms with Crippen molar-refractivity contribution in [3.63, 3.8) is 0 Å². The molecule has 0 spiro atoms. The van der Waals surface area contributed by atoms with Gasteiger partial charge < -0.3 is 4.74 Å². The minimum absolute atomic E-state index is 0.0153.